The van der Waals surface area contributed by atoms with Crippen molar-refractivity contribution in [3.63, 3.8) is 0 Å². The zero-order valence-corrected chi connectivity index (χ0v) is 14.0. The summed E-state index contributed by atoms with van der Waals surface area (Å²) < 4.78 is 7.39. The summed E-state index contributed by atoms with van der Waals surface area (Å²) in [4.78, 5) is 11.1. The minimum atomic E-state index is 0.342. The van der Waals surface area contributed by atoms with Gasteiger partial charge in [0, 0.05) is 18.3 Å². The fraction of sp³-hybridized carbons (Fsp3) is 0.389. The topological polar surface area (TPSA) is 55.5 Å². The minimum Gasteiger partial charge on any atom is -0.494 e. The van der Waals surface area contributed by atoms with E-state index in [-0.39, 0.29) is 0 Å². The molecule has 0 bridgehead atoms. The molecule has 0 amide bonds. The number of anilines is 1. The highest BCUT2D eigenvalue weighted by molar-refractivity contribution is 5.50. The van der Waals surface area contributed by atoms with Crippen LogP contribution in [0.3, 0.4) is 0 Å². The summed E-state index contributed by atoms with van der Waals surface area (Å²) in [5.41, 5.74) is 2.27. The molecule has 6 heteroatoms. The van der Waals surface area contributed by atoms with Crippen molar-refractivity contribution in [1.29, 1.82) is 0 Å². The van der Waals surface area contributed by atoms with E-state index in [1.807, 2.05) is 18.4 Å². The predicted octanol–water partition coefficient (Wildman–Crippen LogP) is 3.17. The zero-order valence-electron chi connectivity index (χ0n) is 14.0. The molecule has 1 saturated heterocycles. The molecular formula is C18H21N5O. The molecule has 3 heterocycles. The molecule has 0 unspecified atom stereocenters. The molecule has 2 aromatic heterocycles. The van der Waals surface area contributed by atoms with Gasteiger partial charge in [-0.2, -0.15) is 14.6 Å². The Balaban J connectivity index is 1.70. The van der Waals surface area contributed by atoms with Crippen molar-refractivity contribution in [2.75, 3.05) is 18.1 Å². The van der Waals surface area contributed by atoms with Crippen molar-refractivity contribution in [2.45, 2.75) is 32.7 Å². The minimum absolute atomic E-state index is 0.342. The molecule has 3 aromatic rings. The van der Waals surface area contributed by atoms with Crippen LogP contribution < -0.4 is 9.64 Å². The summed E-state index contributed by atoms with van der Waals surface area (Å²) in [5.74, 6) is 2.64. The Bertz CT molecular complexity index is 842. The van der Waals surface area contributed by atoms with Gasteiger partial charge in [-0.05, 0) is 44.4 Å². The molecule has 0 saturated carbocycles. The number of hydrogen-bond donors (Lipinski definition) is 0. The third-order valence-corrected chi connectivity index (χ3v) is 4.48. The third kappa shape index (κ3) is 2.58. The van der Waals surface area contributed by atoms with Crippen LogP contribution in [0.5, 0.6) is 5.75 Å². The van der Waals surface area contributed by atoms with Crippen molar-refractivity contribution in [3.8, 4) is 5.75 Å². The molecule has 124 valence electrons. The normalized spacial score (nSPS) is 17.6. The summed E-state index contributed by atoms with van der Waals surface area (Å²) in [7, 11) is 0. The maximum absolute atomic E-state index is 5.55. The first-order chi connectivity index (χ1) is 11.8. The van der Waals surface area contributed by atoms with E-state index in [1.54, 1.807) is 6.33 Å². The van der Waals surface area contributed by atoms with Gasteiger partial charge in [0.15, 0.2) is 0 Å². The number of rotatable bonds is 4. The fourth-order valence-electron chi connectivity index (χ4n) is 3.46. The smallest absolute Gasteiger partial charge is 0.254 e. The van der Waals surface area contributed by atoms with Crippen molar-refractivity contribution in [1.82, 2.24) is 19.6 Å². The highest BCUT2D eigenvalue weighted by Gasteiger charge is 2.28. The molecule has 0 aliphatic carbocycles. The lowest BCUT2D eigenvalue weighted by molar-refractivity contribution is 0.340. The Labute approximate surface area is 141 Å². The molecule has 4 rings (SSSR count). The van der Waals surface area contributed by atoms with Crippen LogP contribution in [0.25, 0.3) is 5.78 Å². The second-order valence-electron chi connectivity index (χ2n) is 6.08. The van der Waals surface area contributed by atoms with Gasteiger partial charge in [0.25, 0.3) is 5.78 Å². The Morgan fingerprint density at radius 2 is 2.08 bits per heavy atom. The van der Waals surface area contributed by atoms with Gasteiger partial charge in [0.2, 0.25) is 0 Å². The van der Waals surface area contributed by atoms with Crippen molar-refractivity contribution in [3.05, 3.63) is 47.9 Å². The van der Waals surface area contributed by atoms with Crippen molar-refractivity contribution < 1.29 is 4.74 Å². The van der Waals surface area contributed by atoms with Gasteiger partial charge in [-0.25, -0.2) is 4.98 Å². The van der Waals surface area contributed by atoms with Crippen LogP contribution in [0.1, 0.15) is 37.1 Å². The predicted molar refractivity (Wildman–Crippen MR) is 92.5 cm³/mol. The van der Waals surface area contributed by atoms with Gasteiger partial charge in [0.05, 0.1) is 12.6 Å². The van der Waals surface area contributed by atoms with Crippen molar-refractivity contribution >= 4 is 11.6 Å². The van der Waals surface area contributed by atoms with E-state index in [0.717, 1.165) is 36.6 Å². The standard InChI is InChI=1S/C18H21N5O/c1-3-24-15-8-6-14(7-9-15)16-5-4-10-22(16)17-11-13(2)21-18-19-12-20-23(17)18/h6-9,11-12,16H,3-5,10H2,1-2H3/t16-/m1/s1. The Kier molecular flexibility index (Phi) is 3.80. The van der Waals surface area contributed by atoms with Crippen LogP contribution in [0.2, 0.25) is 0 Å². The number of aryl methyl sites for hydroxylation is 1. The lowest BCUT2D eigenvalue weighted by atomic mass is 10.0. The molecule has 6 nitrogen and oxygen atoms in total. The molecule has 1 fully saturated rings. The first-order valence-electron chi connectivity index (χ1n) is 8.43. The molecule has 0 radical (unpaired) electrons. The van der Waals surface area contributed by atoms with Crippen LogP contribution in [0, 0.1) is 6.92 Å². The van der Waals surface area contributed by atoms with E-state index < -0.39 is 0 Å². The average molecular weight is 323 g/mol. The lowest BCUT2D eigenvalue weighted by Crippen LogP contribution is -2.25. The highest BCUT2D eigenvalue weighted by atomic mass is 16.5. The maximum atomic E-state index is 5.55. The molecular weight excluding hydrogens is 302 g/mol. The van der Waals surface area contributed by atoms with E-state index in [2.05, 4.69) is 50.3 Å². The Morgan fingerprint density at radius 3 is 2.88 bits per heavy atom. The van der Waals surface area contributed by atoms with Crippen LogP contribution in [0.15, 0.2) is 36.7 Å². The van der Waals surface area contributed by atoms with Crippen LogP contribution in [-0.4, -0.2) is 32.7 Å². The average Bonchev–Trinajstić information content (AvgIpc) is 3.24. The monoisotopic (exact) mass is 323 g/mol. The quantitative estimate of drug-likeness (QED) is 0.738. The summed E-state index contributed by atoms with van der Waals surface area (Å²) >= 11 is 0. The molecule has 1 aliphatic rings. The SMILES string of the molecule is CCOc1ccc([C@H]2CCCN2c2cc(C)nc3ncnn23)cc1. The van der Waals surface area contributed by atoms with Gasteiger partial charge < -0.3 is 9.64 Å². The van der Waals surface area contributed by atoms with E-state index in [0.29, 0.717) is 18.4 Å². The van der Waals surface area contributed by atoms with Crippen LogP contribution in [-0.2, 0) is 0 Å². The van der Waals surface area contributed by atoms with E-state index in [4.69, 9.17) is 4.74 Å². The van der Waals surface area contributed by atoms with Gasteiger partial charge in [-0.3, -0.25) is 0 Å². The first-order valence-corrected chi connectivity index (χ1v) is 8.43. The zero-order chi connectivity index (χ0) is 16.5. The number of ether oxygens (including phenoxy) is 1. The van der Waals surface area contributed by atoms with E-state index in [1.165, 1.54) is 5.56 Å². The van der Waals surface area contributed by atoms with Crippen LogP contribution in [0.4, 0.5) is 5.82 Å². The maximum Gasteiger partial charge on any atom is 0.254 e. The molecule has 1 aliphatic heterocycles. The van der Waals surface area contributed by atoms with Gasteiger partial charge in [-0.1, -0.05) is 12.1 Å². The number of nitrogens with zero attached hydrogens (tertiary/aromatic N) is 5. The summed E-state index contributed by atoms with van der Waals surface area (Å²) in [6.45, 7) is 5.70. The molecule has 24 heavy (non-hydrogen) atoms. The summed E-state index contributed by atoms with van der Waals surface area (Å²) in [6.07, 6.45) is 3.86. The van der Waals surface area contributed by atoms with Gasteiger partial charge in [0.1, 0.15) is 17.9 Å². The van der Waals surface area contributed by atoms with Gasteiger partial charge >= 0.3 is 0 Å². The van der Waals surface area contributed by atoms with E-state index >= 15 is 0 Å². The van der Waals surface area contributed by atoms with Gasteiger partial charge in [-0.15, -0.1) is 0 Å². The van der Waals surface area contributed by atoms with Crippen molar-refractivity contribution in [2.24, 2.45) is 0 Å². The second-order valence-corrected chi connectivity index (χ2v) is 6.08. The second kappa shape index (κ2) is 6.11. The number of fused-ring (bicyclic) bond motifs is 1. The molecule has 0 spiro atoms. The molecule has 1 aromatic carbocycles. The molecule has 1 atom stereocenters. The molecule has 0 N–H and O–H groups in total. The third-order valence-electron chi connectivity index (χ3n) is 4.48. The van der Waals surface area contributed by atoms with Crippen LogP contribution >= 0.6 is 0 Å². The number of hydrogen-bond acceptors (Lipinski definition) is 5. The highest BCUT2D eigenvalue weighted by Crippen LogP contribution is 2.36. The fourth-order valence-corrected chi connectivity index (χ4v) is 3.46. The Hall–Kier alpha value is -2.63. The summed E-state index contributed by atoms with van der Waals surface area (Å²) in [5, 5.41) is 4.35. The Morgan fingerprint density at radius 1 is 1.25 bits per heavy atom. The largest absolute Gasteiger partial charge is 0.494 e. The lowest BCUT2D eigenvalue weighted by Gasteiger charge is -2.27. The number of benzene rings is 1. The first kappa shape index (κ1) is 14.9. The summed E-state index contributed by atoms with van der Waals surface area (Å²) in [6, 6.07) is 10.9. The van der Waals surface area contributed by atoms with E-state index in [9.17, 15) is 0 Å². The number of aromatic nitrogens is 4.